The highest BCUT2D eigenvalue weighted by Crippen LogP contribution is 2.31. The average molecular weight is 409 g/mol. The van der Waals surface area contributed by atoms with Crippen LogP contribution in [0.15, 0.2) is 42.6 Å². The number of hydrogen-bond donors (Lipinski definition) is 1. The maximum atomic E-state index is 5.98. The van der Waals surface area contributed by atoms with Crippen LogP contribution in [-0.4, -0.2) is 31.4 Å². The molecule has 7 heteroatoms. The Morgan fingerprint density at radius 3 is 2.72 bits per heavy atom. The van der Waals surface area contributed by atoms with Crippen LogP contribution in [0, 0.1) is 13.8 Å². The predicted molar refractivity (Wildman–Crippen MR) is 115 cm³/mol. The van der Waals surface area contributed by atoms with Crippen LogP contribution in [0.4, 0.5) is 11.6 Å². The molecule has 1 unspecified atom stereocenters. The number of anilines is 2. The maximum Gasteiger partial charge on any atom is 0.148 e. The lowest BCUT2D eigenvalue weighted by molar-refractivity contribution is 0.132. The van der Waals surface area contributed by atoms with E-state index in [9.17, 15) is 0 Å². The lowest BCUT2D eigenvalue weighted by Crippen LogP contribution is -2.34. The van der Waals surface area contributed by atoms with Gasteiger partial charge in [-0.15, -0.1) is 0 Å². The molecule has 1 N–H and O–H groups in total. The molecule has 1 aliphatic rings. The van der Waals surface area contributed by atoms with Crippen molar-refractivity contribution in [3.8, 4) is 0 Å². The van der Waals surface area contributed by atoms with E-state index in [1.54, 1.807) is 6.20 Å². The standard InChI is InChI=1S/C22H25ClN6/c1-15-6-5-8-20(25-15)27-21-12-16(2)26-22(28-21)19-7-3-4-11-29(19)14-18-10-9-17(23)13-24-18/h5-6,8-10,12-13,19H,3-4,7,11,14H2,1-2H3,(H,25,26,27,28). The van der Waals surface area contributed by atoms with Crippen LogP contribution < -0.4 is 5.32 Å². The molecule has 6 nitrogen and oxygen atoms in total. The molecule has 1 atom stereocenters. The summed E-state index contributed by atoms with van der Waals surface area (Å²) in [7, 11) is 0. The van der Waals surface area contributed by atoms with Crippen LogP contribution in [0.5, 0.6) is 0 Å². The summed E-state index contributed by atoms with van der Waals surface area (Å²) in [4.78, 5) is 21.0. The Bertz CT molecular complexity index is 975. The van der Waals surface area contributed by atoms with Crippen molar-refractivity contribution in [2.75, 3.05) is 11.9 Å². The molecule has 4 rings (SSSR count). The van der Waals surface area contributed by atoms with Crippen LogP contribution in [0.1, 0.15) is 48.2 Å². The summed E-state index contributed by atoms with van der Waals surface area (Å²) in [6, 6.07) is 11.9. The van der Waals surface area contributed by atoms with Crippen molar-refractivity contribution in [2.24, 2.45) is 0 Å². The maximum absolute atomic E-state index is 5.98. The van der Waals surface area contributed by atoms with Crippen molar-refractivity contribution in [3.63, 3.8) is 0 Å². The fraction of sp³-hybridized carbons (Fsp3) is 0.364. The first-order valence-corrected chi connectivity index (χ1v) is 10.4. The van der Waals surface area contributed by atoms with Crippen LogP contribution in [0.3, 0.4) is 0 Å². The summed E-state index contributed by atoms with van der Waals surface area (Å²) in [6.07, 6.45) is 5.10. The van der Waals surface area contributed by atoms with Crippen LogP contribution >= 0.6 is 11.6 Å². The molecule has 0 spiro atoms. The first-order valence-electron chi connectivity index (χ1n) is 9.97. The van der Waals surface area contributed by atoms with E-state index in [0.717, 1.165) is 54.1 Å². The van der Waals surface area contributed by atoms with Gasteiger partial charge in [-0.1, -0.05) is 24.1 Å². The van der Waals surface area contributed by atoms with Gasteiger partial charge >= 0.3 is 0 Å². The van der Waals surface area contributed by atoms with Gasteiger partial charge in [-0.25, -0.2) is 15.0 Å². The number of pyridine rings is 2. The molecule has 1 fully saturated rings. The molecule has 3 aromatic rings. The minimum absolute atomic E-state index is 0.173. The van der Waals surface area contributed by atoms with Crippen LogP contribution in [-0.2, 0) is 6.54 Å². The van der Waals surface area contributed by atoms with Crippen LogP contribution in [0.25, 0.3) is 0 Å². The molecule has 3 aromatic heterocycles. The molecule has 0 radical (unpaired) electrons. The van der Waals surface area contributed by atoms with Gasteiger partial charge in [0, 0.05) is 30.2 Å². The second-order valence-corrected chi connectivity index (χ2v) is 7.93. The minimum Gasteiger partial charge on any atom is -0.325 e. The lowest BCUT2D eigenvalue weighted by atomic mass is 10.0. The summed E-state index contributed by atoms with van der Waals surface area (Å²) in [5.74, 6) is 2.43. The normalized spacial score (nSPS) is 17.3. The largest absolute Gasteiger partial charge is 0.325 e. The van der Waals surface area contributed by atoms with E-state index in [4.69, 9.17) is 21.6 Å². The zero-order chi connectivity index (χ0) is 20.2. The number of nitrogens with one attached hydrogen (secondary N) is 1. The summed E-state index contributed by atoms with van der Waals surface area (Å²) in [5, 5.41) is 3.99. The molecule has 0 aliphatic carbocycles. The van der Waals surface area contributed by atoms with Gasteiger partial charge in [-0.2, -0.15) is 0 Å². The SMILES string of the molecule is Cc1cccc(Nc2cc(C)nc(C3CCCCN3Cc3ccc(Cl)cn3)n2)n1. The number of piperidine rings is 1. The molecular formula is C22H25ClN6. The fourth-order valence-corrected chi connectivity index (χ4v) is 3.84. The topological polar surface area (TPSA) is 66.8 Å². The van der Waals surface area contributed by atoms with E-state index in [1.165, 1.54) is 12.8 Å². The molecule has 0 bridgehead atoms. The van der Waals surface area contributed by atoms with E-state index >= 15 is 0 Å². The molecule has 1 saturated heterocycles. The molecule has 0 amide bonds. The van der Waals surface area contributed by atoms with Crippen LogP contribution in [0.2, 0.25) is 5.02 Å². The number of halogens is 1. The molecule has 4 heterocycles. The van der Waals surface area contributed by atoms with Crippen molar-refractivity contribution in [2.45, 2.75) is 45.7 Å². The van der Waals surface area contributed by atoms with Gasteiger partial charge in [0.2, 0.25) is 0 Å². The Morgan fingerprint density at radius 1 is 1.03 bits per heavy atom. The monoisotopic (exact) mass is 408 g/mol. The third-order valence-electron chi connectivity index (χ3n) is 5.08. The summed E-state index contributed by atoms with van der Waals surface area (Å²) >= 11 is 5.98. The van der Waals surface area contributed by atoms with Crippen molar-refractivity contribution in [1.29, 1.82) is 0 Å². The van der Waals surface area contributed by atoms with Crippen molar-refractivity contribution < 1.29 is 0 Å². The quantitative estimate of drug-likeness (QED) is 0.640. The van der Waals surface area contributed by atoms with Gasteiger partial charge in [-0.05, 0) is 57.5 Å². The van der Waals surface area contributed by atoms with Gasteiger partial charge in [-0.3, -0.25) is 9.88 Å². The Balaban J connectivity index is 1.57. The summed E-state index contributed by atoms with van der Waals surface area (Å²) in [5.41, 5.74) is 2.92. The first-order chi connectivity index (χ1) is 14.1. The lowest BCUT2D eigenvalue weighted by Gasteiger charge is -2.34. The van der Waals surface area contributed by atoms with Crippen molar-refractivity contribution in [1.82, 2.24) is 24.8 Å². The Morgan fingerprint density at radius 2 is 1.93 bits per heavy atom. The molecule has 1 aliphatic heterocycles. The molecule has 0 saturated carbocycles. The van der Waals surface area contributed by atoms with E-state index in [1.807, 2.05) is 50.2 Å². The zero-order valence-electron chi connectivity index (χ0n) is 16.8. The average Bonchev–Trinajstić information content (AvgIpc) is 2.70. The van der Waals surface area contributed by atoms with Crippen molar-refractivity contribution >= 4 is 23.2 Å². The molecular weight excluding hydrogens is 384 g/mol. The van der Waals surface area contributed by atoms with Gasteiger partial charge in [0.15, 0.2) is 0 Å². The Hall–Kier alpha value is -2.57. The van der Waals surface area contributed by atoms with E-state index in [2.05, 4.69) is 20.2 Å². The van der Waals surface area contributed by atoms with E-state index in [0.29, 0.717) is 5.02 Å². The third kappa shape index (κ3) is 5.08. The highest BCUT2D eigenvalue weighted by atomic mass is 35.5. The Kier molecular flexibility index (Phi) is 6.02. The van der Waals surface area contributed by atoms with Gasteiger partial charge in [0.25, 0.3) is 0 Å². The zero-order valence-corrected chi connectivity index (χ0v) is 17.5. The molecule has 29 heavy (non-hydrogen) atoms. The first kappa shape index (κ1) is 19.7. The second-order valence-electron chi connectivity index (χ2n) is 7.49. The van der Waals surface area contributed by atoms with Gasteiger partial charge in [0.05, 0.1) is 16.8 Å². The number of aromatic nitrogens is 4. The van der Waals surface area contributed by atoms with Gasteiger partial charge in [0.1, 0.15) is 17.5 Å². The highest BCUT2D eigenvalue weighted by Gasteiger charge is 2.27. The summed E-state index contributed by atoms with van der Waals surface area (Å²) in [6.45, 7) is 5.76. The van der Waals surface area contributed by atoms with E-state index in [-0.39, 0.29) is 6.04 Å². The predicted octanol–water partition coefficient (Wildman–Crippen LogP) is 5.01. The fourth-order valence-electron chi connectivity index (χ4n) is 3.73. The smallest absolute Gasteiger partial charge is 0.148 e. The number of rotatable bonds is 5. The highest BCUT2D eigenvalue weighted by molar-refractivity contribution is 6.30. The number of likely N-dealkylation sites (tertiary alicyclic amines) is 1. The third-order valence-corrected chi connectivity index (χ3v) is 5.30. The number of nitrogens with zero attached hydrogens (tertiary/aromatic N) is 5. The Labute approximate surface area is 176 Å². The summed E-state index contributed by atoms with van der Waals surface area (Å²) < 4.78 is 0. The minimum atomic E-state index is 0.173. The second kappa shape index (κ2) is 8.84. The van der Waals surface area contributed by atoms with Crippen molar-refractivity contribution in [3.05, 3.63) is 70.5 Å². The molecule has 150 valence electrons. The van der Waals surface area contributed by atoms with Gasteiger partial charge < -0.3 is 5.32 Å². The molecule has 0 aromatic carbocycles. The van der Waals surface area contributed by atoms with E-state index < -0.39 is 0 Å². The number of aryl methyl sites for hydroxylation is 2. The number of hydrogen-bond acceptors (Lipinski definition) is 6.